The van der Waals surface area contributed by atoms with Gasteiger partial charge in [-0.25, -0.2) is 0 Å². The second kappa shape index (κ2) is 5.85. The number of benzene rings is 1. The Morgan fingerprint density at radius 1 is 1.50 bits per heavy atom. The molecule has 3 nitrogen and oxygen atoms in total. The van der Waals surface area contributed by atoms with Gasteiger partial charge in [0.05, 0.1) is 18.6 Å². The Morgan fingerprint density at radius 2 is 2.17 bits per heavy atom. The molecule has 0 aromatic heterocycles. The van der Waals surface area contributed by atoms with Crippen LogP contribution >= 0.6 is 15.9 Å². The van der Waals surface area contributed by atoms with E-state index in [1.54, 1.807) is 0 Å². The number of carbonyl (C=O) groups is 1. The fourth-order valence-corrected chi connectivity index (χ4v) is 2.72. The summed E-state index contributed by atoms with van der Waals surface area (Å²) in [6, 6.07) is 7.85. The van der Waals surface area contributed by atoms with Gasteiger partial charge in [-0.3, -0.25) is 4.79 Å². The van der Waals surface area contributed by atoms with Gasteiger partial charge in [0.1, 0.15) is 0 Å². The molecule has 1 aliphatic rings. The van der Waals surface area contributed by atoms with E-state index in [1.165, 1.54) is 0 Å². The maximum absolute atomic E-state index is 12.4. The zero-order valence-electron chi connectivity index (χ0n) is 10.5. The summed E-state index contributed by atoms with van der Waals surface area (Å²) in [4.78, 5) is 14.2. The summed E-state index contributed by atoms with van der Waals surface area (Å²) in [5.74, 6) is -0.0286. The van der Waals surface area contributed by atoms with E-state index in [4.69, 9.17) is 0 Å². The summed E-state index contributed by atoms with van der Waals surface area (Å²) in [5, 5.41) is 9.27. The number of amides is 1. The highest BCUT2D eigenvalue weighted by atomic mass is 79.9. The third-order valence-corrected chi connectivity index (χ3v) is 4.14. The van der Waals surface area contributed by atoms with Crippen LogP contribution in [0.3, 0.4) is 0 Å². The third kappa shape index (κ3) is 2.75. The summed E-state index contributed by atoms with van der Waals surface area (Å²) in [7, 11) is 0. The van der Waals surface area contributed by atoms with E-state index in [0.29, 0.717) is 0 Å². The van der Waals surface area contributed by atoms with Crippen LogP contribution in [0.4, 0.5) is 0 Å². The Morgan fingerprint density at radius 3 is 2.78 bits per heavy atom. The number of rotatable bonds is 3. The summed E-state index contributed by atoms with van der Waals surface area (Å²) in [6.07, 6.45) is 1.90. The second-order valence-corrected chi connectivity index (χ2v) is 5.70. The molecule has 98 valence electrons. The van der Waals surface area contributed by atoms with Crippen LogP contribution in [-0.4, -0.2) is 35.1 Å². The van der Waals surface area contributed by atoms with E-state index >= 15 is 0 Å². The van der Waals surface area contributed by atoms with Crippen LogP contribution in [0.1, 0.15) is 31.2 Å². The van der Waals surface area contributed by atoms with E-state index in [1.807, 2.05) is 36.1 Å². The van der Waals surface area contributed by atoms with Gasteiger partial charge in [0.15, 0.2) is 0 Å². The highest BCUT2D eigenvalue weighted by Crippen LogP contribution is 2.25. The zero-order valence-corrected chi connectivity index (χ0v) is 12.1. The highest BCUT2D eigenvalue weighted by molar-refractivity contribution is 9.10. The van der Waals surface area contributed by atoms with Crippen molar-refractivity contribution < 1.29 is 9.90 Å². The number of likely N-dealkylation sites (tertiary alicyclic amines) is 1. The van der Waals surface area contributed by atoms with Crippen molar-refractivity contribution >= 4 is 21.8 Å². The lowest BCUT2D eigenvalue weighted by Gasteiger charge is -2.26. The predicted molar refractivity (Wildman–Crippen MR) is 74.4 cm³/mol. The average molecular weight is 312 g/mol. The van der Waals surface area contributed by atoms with Crippen molar-refractivity contribution in [3.05, 3.63) is 34.3 Å². The molecule has 0 unspecified atom stereocenters. The zero-order chi connectivity index (χ0) is 13.1. The second-order valence-electron chi connectivity index (χ2n) is 4.78. The van der Waals surface area contributed by atoms with Crippen molar-refractivity contribution in [3.63, 3.8) is 0 Å². The first-order valence-electron chi connectivity index (χ1n) is 6.30. The Kier molecular flexibility index (Phi) is 4.40. The smallest absolute Gasteiger partial charge is 0.230 e. The van der Waals surface area contributed by atoms with E-state index in [9.17, 15) is 9.90 Å². The van der Waals surface area contributed by atoms with Crippen LogP contribution in [0.25, 0.3) is 0 Å². The Hall–Kier alpha value is -0.870. The summed E-state index contributed by atoms with van der Waals surface area (Å²) in [6.45, 7) is 2.77. The fraction of sp³-hybridized carbons (Fsp3) is 0.500. The summed E-state index contributed by atoms with van der Waals surface area (Å²) in [5.41, 5.74) is 1.02. The molecular weight excluding hydrogens is 294 g/mol. The van der Waals surface area contributed by atoms with E-state index in [2.05, 4.69) is 15.9 Å². The molecule has 1 aliphatic heterocycles. The van der Waals surface area contributed by atoms with Gasteiger partial charge in [-0.15, -0.1) is 0 Å². The van der Waals surface area contributed by atoms with Gasteiger partial charge in [0.25, 0.3) is 0 Å². The SMILES string of the molecule is C[C@@H](C(=O)N1CCC[C@@H]1CO)c1ccc(Br)cc1. The monoisotopic (exact) mass is 311 g/mol. The third-order valence-electron chi connectivity index (χ3n) is 3.61. The molecule has 1 aromatic rings. The molecular formula is C14H18BrNO2. The molecule has 1 heterocycles. The van der Waals surface area contributed by atoms with E-state index < -0.39 is 0 Å². The molecule has 1 saturated heterocycles. The van der Waals surface area contributed by atoms with Crippen LogP contribution in [0.5, 0.6) is 0 Å². The van der Waals surface area contributed by atoms with Crippen molar-refractivity contribution in [3.8, 4) is 0 Å². The molecule has 1 fully saturated rings. The molecule has 18 heavy (non-hydrogen) atoms. The predicted octanol–water partition coefficient (Wildman–Crippen LogP) is 2.54. The standard InChI is InChI=1S/C14H18BrNO2/c1-10(11-4-6-12(15)7-5-11)14(18)16-8-2-3-13(16)9-17/h4-7,10,13,17H,2-3,8-9H2,1H3/t10-,13-/m1/s1. The number of aliphatic hydroxyl groups excluding tert-OH is 1. The molecule has 0 spiro atoms. The lowest BCUT2D eigenvalue weighted by atomic mass is 9.99. The van der Waals surface area contributed by atoms with Crippen molar-refractivity contribution in [2.24, 2.45) is 0 Å². The maximum Gasteiger partial charge on any atom is 0.230 e. The Bertz CT molecular complexity index is 418. The minimum Gasteiger partial charge on any atom is -0.394 e. The average Bonchev–Trinajstić information content (AvgIpc) is 2.86. The number of halogens is 1. The van der Waals surface area contributed by atoms with Gasteiger partial charge >= 0.3 is 0 Å². The van der Waals surface area contributed by atoms with Gasteiger partial charge < -0.3 is 10.0 Å². The number of aliphatic hydroxyl groups is 1. The number of nitrogens with zero attached hydrogens (tertiary/aromatic N) is 1. The Labute approximate surface area is 116 Å². The first-order chi connectivity index (χ1) is 8.63. The maximum atomic E-state index is 12.4. The Balaban J connectivity index is 2.11. The largest absolute Gasteiger partial charge is 0.394 e. The minimum atomic E-state index is -0.148. The molecule has 0 saturated carbocycles. The van der Waals surface area contributed by atoms with Crippen molar-refractivity contribution in [2.75, 3.05) is 13.2 Å². The van der Waals surface area contributed by atoms with Crippen LogP contribution in [0.2, 0.25) is 0 Å². The van der Waals surface area contributed by atoms with Crippen LogP contribution < -0.4 is 0 Å². The molecule has 4 heteroatoms. The first-order valence-corrected chi connectivity index (χ1v) is 7.09. The van der Waals surface area contributed by atoms with Gasteiger partial charge in [-0.05, 0) is 37.5 Å². The number of hydrogen-bond acceptors (Lipinski definition) is 2. The first kappa shape index (κ1) is 13.6. The van der Waals surface area contributed by atoms with Crippen LogP contribution in [0, 0.1) is 0 Å². The lowest BCUT2D eigenvalue weighted by molar-refractivity contribution is -0.133. The minimum absolute atomic E-state index is 0.00963. The van der Waals surface area contributed by atoms with Crippen molar-refractivity contribution in [2.45, 2.75) is 31.7 Å². The summed E-state index contributed by atoms with van der Waals surface area (Å²) >= 11 is 3.39. The molecule has 2 atom stereocenters. The molecule has 1 aromatic carbocycles. The highest BCUT2D eigenvalue weighted by Gasteiger charge is 2.31. The van der Waals surface area contributed by atoms with Gasteiger partial charge in [0, 0.05) is 11.0 Å². The van der Waals surface area contributed by atoms with E-state index in [0.717, 1.165) is 29.4 Å². The molecule has 2 rings (SSSR count). The number of carbonyl (C=O) groups excluding carboxylic acids is 1. The normalized spacial score (nSPS) is 21.1. The molecule has 1 N–H and O–H groups in total. The van der Waals surface area contributed by atoms with Gasteiger partial charge in [-0.1, -0.05) is 28.1 Å². The molecule has 0 radical (unpaired) electrons. The summed E-state index contributed by atoms with van der Waals surface area (Å²) < 4.78 is 1.01. The number of hydrogen-bond donors (Lipinski definition) is 1. The van der Waals surface area contributed by atoms with E-state index in [-0.39, 0.29) is 24.5 Å². The van der Waals surface area contributed by atoms with Crippen LogP contribution in [-0.2, 0) is 4.79 Å². The lowest BCUT2D eigenvalue weighted by Crippen LogP contribution is -2.39. The van der Waals surface area contributed by atoms with Gasteiger partial charge in [0.2, 0.25) is 5.91 Å². The van der Waals surface area contributed by atoms with Gasteiger partial charge in [-0.2, -0.15) is 0 Å². The fourth-order valence-electron chi connectivity index (χ4n) is 2.46. The molecule has 1 amide bonds. The van der Waals surface area contributed by atoms with Crippen LogP contribution in [0.15, 0.2) is 28.7 Å². The van der Waals surface area contributed by atoms with Crippen molar-refractivity contribution in [1.29, 1.82) is 0 Å². The molecule has 0 aliphatic carbocycles. The van der Waals surface area contributed by atoms with Crippen molar-refractivity contribution in [1.82, 2.24) is 4.90 Å². The quantitative estimate of drug-likeness (QED) is 0.932. The molecule has 0 bridgehead atoms. The topological polar surface area (TPSA) is 40.5 Å².